The SMILES string of the molecule is C=C/C=C(\C=C)C1=CC=C(N(c2ccc(N(C)c3ccc(OC)cc3)cc2)c2cccc3ccccc23)CC1. The Hall–Kier alpha value is -4.76. The van der Waals surface area contributed by atoms with Crippen LogP contribution in [-0.2, 0) is 0 Å². The van der Waals surface area contributed by atoms with E-state index >= 15 is 0 Å². The molecule has 194 valence electrons. The van der Waals surface area contributed by atoms with Crippen LogP contribution in [0, 0.1) is 0 Å². The molecule has 0 amide bonds. The van der Waals surface area contributed by atoms with E-state index in [1.54, 1.807) is 7.11 Å². The van der Waals surface area contributed by atoms with Crippen molar-refractivity contribution in [3.63, 3.8) is 0 Å². The number of ether oxygens (including phenoxy) is 1. The summed E-state index contributed by atoms with van der Waals surface area (Å²) < 4.78 is 5.32. The first-order valence-corrected chi connectivity index (χ1v) is 13.2. The first-order valence-electron chi connectivity index (χ1n) is 13.2. The Kier molecular flexibility index (Phi) is 7.79. The van der Waals surface area contributed by atoms with Gasteiger partial charge in [0.15, 0.2) is 0 Å². The van der Waals surface area contributed by atoms with Crippen molar-refractivity contribution in [1.82, 2.24) is 0 Å². The molecule has 0 N–H and O–H groups in total. The van der Waals surface area contributed by atoms with Crippen LogP contribution in [-0.4, -0.2) is 14.2 Å². The molecule has 3 nitrogen and oxygen atoms in total. The Balaban J connectivity index is 1.55. The van der Waals surface area contributed by atoms with E-state index < -0.39 is 0 Å². The first kappa shape index (κ1) is 25.9. The summed E-state index contributed by atoms with van der Waals surface area (Å²) in [6.07, 6.45) is 12.1. The number of hydrogen-bond donors (Lipinski definition) is 0. The van der Waals surface area contributed by atoms with Crippen LogP contribution in [0.15, 0.2) is 151 Å². The highest BCUT2D eigenvalue weighted by Crippen LogP contribution is 2.40. The van der Waals surface area contributed by atoms with Gasteiger partial charge in [0.2, 0.25) is 0 Å². The smallest absolute Gasteiger partial charge is 0.119 e. The molecule has 0 atom stereocenters. The molecule has 0 saturated carbocycles. The van der Waals surface area contributed by atoms with E-state index in [2.05, 4.69) is 121 Å². The third-order valence-electron chi connectivity index (χ3n) is 7.27. The molecule has 0 radical (unpaired) electrons. The molecule has 39 heavy (non-hydrogen) atoms. The fourth-order valence-corrected chi connectivity index (χ4v) is 5.13. The van der Waals surface area contributed by atoms with Crippen LogP contribution in [0.5, 0.6) is 5.75 Å². The second kappa shape index (κ2) is 11.7. The molecule has 1 aliphatic rings. The second-order valence-corrected chi connectivity index (χ2v) is 9.52. The maximum atomic E-state index is 5.32. The zero-order valence-corrected chi connectivity index (χ0v) is 22.7. The molecule has 0 aliphatic heterocycles. The van der Waals surface area contributed by atoms with E-state index in [1.807, 2.05) is 30.4 Å². The fraction of sp³-hybridized carbons (Fsp3) is 0.111. The highest BCUT2D eigenvalue weighted by atomic mass is 16.5. The van der Waals surface area contributed by atoms with Gasteiger partial charge in [-0.15, -0.1) is 0 Å². The quantitative estimate of drug-likeness (QED) is 0.208. The molecule has 0 fully saturated rings. The van der Waals surface area contributed by atoms with Gasteiger partial charge in [-0.25, -0.2) is 0 Å². The zero-order chi connectivity index (χ0) is 27.2. The zero-order valence-electron chi connectivity index (χ0n) is 22.7. The summed E-state index contributed by atoms with van der Waals surface area (Å²) in [6.45, 7) is 7.85. The van der Waals surface area contributed by atoms with Crippen LogP contribution in [0.3, 0.4) is 0 Å². The van der Waals surface area contributed by atoms with E-state index in [4.69, 9.17) is 4.74 Å². The van der Waals surface area contributed by atoms with Gasteiger partial charge in [-0.1, -0.05) is 73.9 Å². The van der Waals surface area contributed by atoms with E-state index in [9.17, 15) is 0 Å². The Labute approximate surface area is 232 Å². The number of methoxy groups -OCH3 is 1. The number of nitrogens with zero attached hydrogens (tertiary/aromatic N) is 2. The maximum Gasteiger partial charge on any atom is 0.119 e. The molecule has 0 bridgehead atoms. The third kappa shape index (κ3) is 5.44. The van der Waals surface area contributed by atoms with Crippen LogP contribution in [0.25, 0.3) is 10.8 Å². The summed E-state index contributed by atoms with van der Waals surface area (Å²) in [5, 5.41) is 2.46. The highest BCUT2D eigenvalue weighted by Gasteiger charge is 2.20. The van der Waals surface area contributed by atoms with Crippen molar-refractivity contribution in [3.8, 4) is 5.75 Å². The molecule has 0 spiro atoms. The maximum absolute atomic E-state index is 5.32. The largest absolute Gasteiger partial charge is 0.497 e. The van der Waals surface area contributed by atoms with Crippen LogP contribution >= 0.6 is 0 Å². The van der Waals surface area contributed by atoms with Gasteiger partial charge in [-0.05, 0) is 90.0 Å². The lowest BCUT2D eigenvalue weighted by atomic mass is 9.94. The fourth-order valence-electron chi connectivity index (χ4n) is 5.13. The molecule has 5 rings (SSSR count). The Morgan fingerprint density at radius 1 is 0.769 bits per heavy atom. The number of hydrogen-bond acceptors (Lipinski definition) is 3. The minimum Gasteiger partial charge on any atom is -0.497 e. The van der Waals surface area contributed by atoms with Gasteiger partial charge in [-0.2, -0.15) is 0 Å². The summed E-state index contributed by atoms with van der Waals surface area (Å²) in [7, 11) is 3.77. The van der Waals surface area contributed by atoms with Gasteiger partial charge >= 0.3 is 0 Å². The average molecular weight is 511 g/mol. The van der Waals surface area contributed by atoms with Crippen LogP contribution in [0.4, 0.5) is 22.7 Å². The van der Waals surface area contributed by atoms with Crippen LogP contribution < -0.4 is 14.5 Å². The number of rotatable bonds is 9. The molecule has 0 unspecified atom stereocenters. The van der Waals surface area contributed by atoms with Crippen molar-refractivity contribution < 1.29 is 4.74 Å². The van der Waals surface area contributed by atoms with Gasteiger partial charge in [0.25, 0.3) is 0 Å². The molecule has 0 aromatic heterocycles. The number of allylic oxidation sites excluding steroid dienone is 8. The Morgan fingerprint density at radius 3 is 2.08 bits per heavy atom. The molecule has 0 saturated heterocycles. The number of benzene rings is 4. The lowest BCUT2D eigenvalue weighted by Gasteiger charge is -2.31. The van der Waals surface area contributed by atoms with Gasteiger partial charge < -0.3 is 14.5 Å². The van der Waals surface area contributed by atoms with E-state index in [0.29, 0.717) is 0 Å². The predicted octanol–water partition coefficient (Wildman–Crippen LogP) is 9.66. The second-order valence-electron chi connectivity index (χ2n) is 9.52. The Morgan fingerprint density at radius 2 is 1.44 bits per heavy atom. The van der Waals surface area contributed by atoms with Crippen molar-refractivity contribution in [2.75, 3.05) is 24.0 Å². The summed E-state index contributed by atoms with van der Waals surface area (Å²) in [6, 6.07) is 32.0. The van der Waals surface area contributed by atoms with Crippen LogP contribution in [0.1, 0.15) is 12.8 Å². The number of fused-ring (bicyclic) bond motifs is 1. The van der Waals surface area contributed by atoms with E-state index in [-0.39, 0.29) is 0 Å². The van der Waals surface area contributed by atoms with E-state index in [0.717, 1.165) is 41.2 Å². The monoisotopic (exact) mass is 510 g/mol. The molecule has 1 aliphatic carbocycles. The lowest BCUT2D eigenvalue weighted by molar-refractivity contribution is 0.415. The van der Waals surface area contributed by atoms with Crippen molar-refractivity contribution >= 4 is 33.5 Å². The topological polar surface area (TPSA) is 15.7 Å². The van der Waals surface area contributed by atoms with Gasteiger partial charge in [0.1, 0.15) is 5.75 Å². The van der Waals surface area contributed by atoms with Crippen molar-refractivity contribution in [3.05, 3.63) is 151 Å². The highest BCUT2D eigenvalue weighted by molar-refractivity contribution is 5.97. The third-order valence-corrected chi connectivity index (χ3v) is 7.27. The van der Waals surface area contributed by atoms with Crippen LogP contribution in [0.2, 0.25) is 0 Å². The molecular formula is C36H34N2O. The molecule has 4 aromatic carbocycles. The van der Waals surface area contributed by atoms with Crippen molar-refractivity contribution in [1.29, 1.82) is 0 Å². The first-order chi connectivity index (χ1) is 19.1. The number of anilines is 4. The summed E-state index contributed by atoms with van der Waals surface area (Å²) in [4.78, 5) is 4.58. The van der Waals surface area contributed by atoms with Crippen molar-refractivity contribution in [2.45, 2.75) is 12.8 Å². The van der Waals surface area contributed by atoms with Gasteiger partial charge in [0, 0.05) is 35.2 Å². The lowest BCUT2D eigenvalue weighted by Crippen LogP contribution is -2.18. The molecule has 0 heterocycles. The van der Waals surface area contributed by atoms with Crippen molar-refractivity contribution in [2.24, 2.45) is 0 Å². The average Bonchev–Trinajstić information content (AvgIpc) is 3.00. The summed E-state index contributed by atoms with van der Waals surface area (Å²) in [5.41, 5.74) is 8.20. The minimum absolute atomic E-state index is 0.853. The van der Waals surface area contributed by atoms with Gasteiger partial charge in [0.05, 0.1) is 12.8 Å². The van der Waals surface area contributed by atoms with Gasteiger partial charge in [-0.3, -0.25) is 0 Å². The predicted molar refractivity (Wildman–Crippen MR) is 167 cm³/mol. The minimum atomic E-state index is 0.853. The normalized spacial score (nSPS) is 13.3. The standard InChI is InChI=1S/C36H34N2O/c1-5-10-27(6-2)28-15-17-32(18-16-28)38(36-14-9-12-29-11-7-8-13-35(29)36)33-21-19-30(20-22-33)37(3)31-23-25-34(39-4)26-24-31/h5-15,17,19-26H,1-2,16,18H2,3-4H3/b27-10+. The van der Waals surface area contributed by atoms with E-state index in [1.165, 1.54) is 27.7 Å². The summed E-state index contributed by atoms with van der Waals surface area (Å²) in [5.74, 6) is 0.853. The molecular weight excluding hydrogens is 476 g/mol. The summed E-state index contributed by atoms with van der Waals surface area (Å²) >= 11 is 0. The molecule has 3 heteroatoms. The Bertz CT molecular complexity index is 1570. The molecule has 4 aromatic rings.